The fourth-order valence-electron chi connectivity index (χ4n) is 2.45. The van der Waals surface area contributed by atoms with E-state index in [0.717, 1.165) is 30.6 Å². The van der Waals surface area contributed by atoms with Gasteiger partial charge in [0.25, 0.3) is 0 Å². The second-order valence-electron chi connectivity index (χ2n) is 5.46. The molecule has 2 N–H and O–H groups in total. The Bertz CT molecular complexity index is 605. The number of benzene rings is 1. The van der Waals surface area contributed by atoms with Crippen molar-refractivity contribution in [3.8, 4) is 5.75 Å². The van der Waals surface area contributed by atoms with Crippen LogP contribution in [0.2, 0.25) is 0 Å². The molecule has 1 aliphatic carbocycles. The average Bonchev–Trinajstić information content (AvgIpc) is 2.94. The van der Waals surface area contributed by atoms with Crippen molar-refractivity contribution in [2.45, 2.75) is 37.6 Å². The monoisotopic (exact) mass is 273 g/mol. The minimum Gasteiger partial charge on any atom is -0.497 e. The van der Waals surface area contributed by atoms with Crippen molar-refractivity contribution in [3.63, 3.8) is 0 Å². The summed E-state index contributed by atoms with van der Waals surface area (Å²) < 4.78 is 10.6. The first-order chi connectivity index (χ1) is 9.62. The third-order valence-corrected chi connectivity index (χ3v) is 4.10. The molecule has 5 nitrogen and oxygen atoms in total. The first-order valence-electron chi connectivity index (χ1n) is 6.89. The summed E-state index contributed by atoms with van der Waals surface area (Å²) in [5.74, 6) is 2.08. The molecule has 106 valence electrons. The third-order valence-electron chi connectivity index (χ3n) is 4.10. The molecule has 1 unspecified atom stereocenters. The van der Waals surface area contributed by atoms with Crippen LogP contribution in [-0.2, 0) is 5.54 Å². The maximum atomic E-state index is 6.22. The lowest BCUT2D eigenvalue weighted by Crippen LogP contribution is -2.44. The van der Waals surface area contributed by atoms with Crippen LogP contribution in [0.15, 0.2) is 28.8 Å². The van der Waals surface area contributed by atoms with Gasteiger partial charge in [0.2, 0.25) is 5.89 Å². The molecule has 0 aliphatic heterocycles. The summed E-state index contributed by atoms with van der Waals surface area (Å²) in [6.07, 6.45) is 2.99. The van der Waals surface area contributed by atoms with Crippen LogP contribution in [-0.4, -0.2) is 17.3 Å². The molecule has 1 aliphatic rings. The molecule has 1 aromatic heterocycles. The summed E-state index contributed by atoms with van der Waals surface area (Å²) in [6, 6.07) is 7.88. The van der Waals surface area contributed by atoms with Crippen LogP contribution in [0, 0.1) is 0 Å². The van der Waals surface area contributed by atoms with E-state index in [1.54, 1.807) is 7.11 Å². The fraction of sp³-hybridized carbons (Fsp3) is 0.467. The van der Waals surface area contributed by atoms with E-state index in [4.69, 9.17) is 15.0 Å². The van der Waals surface area contributed by atoms with Gasteiger partial charge >= 0.3 is 0 Å². The van der Waals surface area contributed by atoms with Crippen LogP contribution in [0.5, 0.6) is 5.75 Å². The van der Waals surface area contributed by atoms with Gasteiger partial charge in [-0.1, -0.05) is 17.3 Å². The molecule has 3 rings (SSSR count). The smallest absolute Gasteiger partial charge is 0.233 e. The van der Waals surface area contributed by atoms with Gasteiger partial charge in [0.15, 0.2) is 5.82 Å². The standard InChI is InChI=1S/C15H19N3O2/c1-10(11-5-3-6-12(9-11)19-2)13-17-14(18-20-13)15(16)7-4-8-15/h3,5-6,9-10H,4,7-8,16H2,1-2H3. The van der Waals surface area contributed by atoms with Crippen molar-refractivity contribution in [2.75, 3.05) is 7.11 Å². The Morgan fingerprint density at radius 1 is 1.40 bits per heavy atom. The van der Waals surface area contributed by atoms with Crippen molar-refractivity contribution < 1.29 is 9.26 Å². The topological polar surface area (TPSA) is 74.2 Å². The van der Waals surface area contributed by atoms with Crippen molar-refractivity contribution in [2.24, 2.45) is 5.73 Å². The molecule has 2 aromatic rings. The molecule has 1 heterocycles. The van der Waals surface area contributed by atoms with E-state index in [9.17, 15) is 0 Å². The zero-order chi connectivity index (χ0) is 14.2. The van der Waals surface area contributed by atoms with Gasteiger partial charge in [0.1, 0.15) is 5.75 Å². The highest BCUT2D eigenvalue weighted by Gasteiger charge is 2.39. The second-order valence-corrected chi connectivity index (χ2v) is 5.46. The van der Waals surface area contributed by atoms with Gasteiger partial charge in [-0.25, -0.2) is 0 Å². The lowest BCUT2D eigenvalue weighted by atomic mass is 9.77. The number of rotatable bonds is 4. The zero-order valence-electron chi connectivity index (χ0n) is 11.8. The highest BCUT2D eigenvalue weighted by atomic mass is 16.5. The maximum Gasteiger partial charge on any atom is 0.233 e. The average molecular weight is 273 g/mol. The van der Waals surface area contributed by atoms with E-state index in [0.29, 0.717) is 11.7 Å². The summed E-state index contributed by atoms with van der Waals surface area (Å²) in [5, 5.41) is 4.06. The van der Waals surface area contributed by atoms with E-state index < -0.39 is 0 Å². The fourth-order valence-corrected chi connectivity index (χ4v) is 2.45. The molecule has 0 bridgehead atoms. The number of methoxy groups -OCH3 is 1. The van der Waals surface area contributed by atoms with Crippen molar-refractivity contribution in [3.05, 3.63) is 41.5 Å². The third kappa shape index (κ3) is 2.18. The Hall–Kier alpha value is -1.88. The van der Waals surface area contributed by atoms with Gasteiger partial charge in [-0.2, -0.15) is 4.98 Å². The Morgan fingerprint density at radius 3 is 2.85 bits per heavy atom. The Balaban J connectivity index is 1.85. The van der Waals surface area contributed by atoms with Crippen LogP contribution in [0.3, 0.4) is 0 Å². The normalized spacial score (nSPS) is 18.4. The SMILES string of the molecule is COc1cccc(C(C)c2nc(C3(N)CCC3)no2)c1. The number of aromatic nitrogens is 2. The van der Waals surface area contributed by atoms with Crippen molar-refractivity contribution in [1.29, 1.82) is 0 Å². The summed E-state index contributed by atoms with van der Waals surface area (Å²) in [6.45, 7) is 2.04. The lowest BCUT2D eigenvalue weighted by Gasteiger charge is -2.34. The van der Waals surface area contributed by atoms with Crippen LogP contribution >= 0.6 is 0 Å². The van der Waals surface area contributed by atoms with Crippen molar-refractivity contribution in [1.82, 2.24) is 10.1 Å². The number of nitrogens with zero attached hydrogens (tertiary/aromatic N) is 2. The second kappa shape index (κ2) is 4.90. The predicted octanol–water partition coefficient (Wildman–Crippen LogP) is 2.57. The zero-order valence-corrected chi connectivity index (χ0v) is 11.8. The molecular formula is C15H19N3O2. The summed E-state index contributed by atoms with van der Waals surface area (Å²) in [4.78, 5) is 4.49. The van der Waals surface area contributed by atoms with E-state index in [1.165, 1.54) is 0 Å². The van der Waals surface area contributed by atoms with E-state index >= 15 is 0 Å². The van der Waals surface area contributed by atoms with Crippen LogP contribution in [0.4, 0.5) is 0 Å². The number of nitrogens with two attached hydrogens (primary N) is 1. The highest BCUT2D eigenvalue weighted by Crippen LogP contribution is 2.37. The Morgan fingerprint density at radius 2 is 2.20 bits per heavy atom. The lowest BCUT2D eigenvalue weighted by molar-refractivity contribution is 0.228. The van der Waals surface area contributed by atoms with Gasteiger partial charge in [-0.05, 0) is 43.9 Å². The van der Waals surface area contributed by atoms with Gasteiger partial charge in [-0.15, -0.1) is 0 Å². The first-order valence-corrected chi connectivity index (χ1v) is 6.89. The van der Waals surface area contributed by atoms with E-state index in [-0.39, 0.29) is 11.5 Å². The first kappa shape index (κ1) is 13.1. The molecule has 20 heavy (non-hydrogen) atoms. The molecule has 0 amide bonds. The molecule has 1 saturated carbocycles. The molecule has 5 heteroatoms. The molecule has 1 atom stereocenters. The molecular weight excluding hydrogens is 254 g/mol. The predicted molar refractivity (Wildman–Crippen MR) is 74.5 cm³/mol. The van der Waals surface area contributed by atoms with Gasteiger partial charge < -0.3 is 15.0 Å². The minimum atomic E-state index is -0.379. The van der Waals surface area contributed by atoms with Gasteiger partial charge in [0, 0.05) is 0 Å². The number of hydrogen-bond acceptors (Lipinski definition) is 5. The van der Waals surface area contributed by atoms with Crippen molar-refractivity contribution >= 4 is 0 Å². The summed E-state index contributed by atoms with van der Waals surface area (Å²) in [5.41, 5.74) is 6.92. The maximum absolute atomic E-state index is 6.22. The molecule has 1 aromatic carbocycles. The number of ether oxygens (including phenoxy) is 1. The summed E-state index contributed by atoms with van der Waals surface area (Å²) in [7, 11) is 1.66. The Kier molecular flexibility index (Phi) is 3.22. The molecule has 0 radical (unpaired) electrons. The van der Waals surface area contributed by atoms with Crippen LogP contribution in [0.25, 0.3) is 0 Å². The van der Waals surface area contributed by atoms with Gasteiger partial charge in [-0.3, -0.25) is 0 Å². The van der Waals surface area contributed by atoms with Crippen LogP contribution in [0.1, 0.15) is 49.4 Å². The molecule has 0 saturated heterocycles. The molecule has 0 spiro atoms. The quantitative estimate of drug-likeness (QED) is 0.926. The summed E-state index contributed by atoms with van der Waals surface area (Å²) >= 11 is 0. The highest BCUT2D eigenvalue weighted by molar-refractivity contribution is 5.32. The van der Waals surface area contributed by atoms with E-state index in [2.05, 4.69) is 10.1 Å². The van der Waals surface area contributed by atoms with Gasteiger partial charge in [0.05, 0.1) is 18.6 Å². The minimum absolute atomic E-state index is 0.0232. The largest absolute Gasteiger partial charge is 0.497 e. The molecule has 1 fully saturated rings. The van der Waals surface area contributed by atoms with E-state index in [1.807, 2.05) is 31.2 Å². The Labute approximate surface area is 118 Å². The number of hydrogen-bond donors (Lipinski definition) is 1. The van der Waals surface area contributed by atoms with Crippen LogP contribution < -0.4 is 10.5 Å².